The lowest BCUT2D eigenvalue weighted by atomic mass is 9.85. The van der Waals surface area contributed by atoms with Crippen molar-refractivity contribution in [3.63, 3.8) is 0 Å². The highest BCUT2D eigenvalue weighted by Gasteiger charge is 2.43. The minimum absolute atomic E-state index is 0.0788. The van der Waals surface area contributed by atoms with Crippen molar-refractivity contribution < 1.29 is 52.7 Å². The second-order valence-electron chi connectivity index (χ2n) is 25.9. The number of carbonyl (C=O) groups excluding carboxylic acids is 11. The summed E-state index contributed by atoms with van der Waals surface area (Å²) in [4.78, 5) is 169. The molecule has 3 N–H and O–H groups in total. The number of amides is 10. The maximum Gasteiger partial charge on any atom is 0.268 e. The third-order valence-electron chi connectivity index (χ3n) is 15.9. The van der Waals surface area contributed by atoms with Crippen molar-refractivity contribution in [2.24, 2.45) is 47.3 Å². The van der Waals surface area contributed by atoms with E-state index in [4.69, 9.17) is 0 Å². The zero-order valence-corrected chi connectivity index (χ0v) is 55.7. The molecular weight excluding hydrogens is 1070 g/mol. The van der Waals surface area contributed by atoms with E-state index in [0.29, 0.717) is 6.42 Å². The minimum atomic E-state index is -1.20. The molecule has 1 heterocycles. The third-order valence-corrected chi connectivity index (χ3v) is 15.9. The molecule has 0 spiro atoms. The Morgan fingerprint density at radius 2 is 0.952 bits per heavy atom. The summed E-state index contributed by atoms with van der Waals surface area (Å²) < 4.78 is 0. The summed E-state index contributed by atoms with van der Waals surface area (Å²) in [5.74, 6) is -9.06. The second-order valence-corrected chi connectivity index (χ2v) is 25.9. The Bertz CT molecular complexity index is 2350. The van der Waals surface area contributed by atoms with Gasteiger partial charge in [-0.2, -0.15) is 0 Å². The van der Waals surface area contributed by atoms with E-state index < -0.39 is 137 Å². The Hall–Kier alpha value is -6.15. The Morgan fingerprint density at radius 1 is 0.500 bits per heavy atom. The molecule has 0 saturated carbocycles. The van der Waals surface area contributed by atoms with Crippen LogP contribution in [0.2, 0.25) is 0 Å². The fourth-order valence-electron chi connectivity index (χ4n) is 10.6. The molecule has 1 aliphatic rings. The van der Waals surface area contributed by atoms with Crippen molar-refractivity contribution in [1.29, 1.82) is 0 Å². The number of hydrogen-bond donors (Lipinski definition) is 3. The van der Waals surface area contributed by atoms with E-state index >= 15 is 9.59 Å². The summed E-state index contributed by atoms with van der Waals surface area (Å²) in [6, 6.07) is -9.04. The van der Waals surface area contributed by atoms with Crippen LogP contribution in [0.15, 0.2) is 23.9 Å². The number of allylic oxidation sites excluding steroid dienone is 3. The molecule has 10 amide bonds. The van der Waals surface area contributed by atoms with Crippen LogP contribution in [-0.4, -0.2) is 203 Å². The SMILES string of the molecule is C/C=C/C[C@@H](C)/C=C1\C(=O)N[C@@H](CC)C(=O)N(C)CC(=O)N(C)[C@@H](CC(C)C)C(=O)C[C@@H](C(C)C)C(=O)N(C)[C@@H](CC(C)C)C(=O)N[C@@H](C)C(=O)N[C@H](C)C(=O)N(C)[C@@H](CC(C)C)C(=O)N(C)[C@@H](CC(C)C)C(=O)N(C)[C@@H](C(C)C)C(=O)N1C. The highest BCUT2D eigenvalue weighted by molar-refractivity contribution is 6.02. The lowest BCUT2D eigenvalue weighted by Crippen LogP contribution is -2.60. The number of hydrogen-bond acceptors (Lipinski definition) is 11. The average Bonchev–Trinajstić information content (AvgIpc) is 2.64. The van der Waals surface area contributed by atoms with Gasteiger partial charge in [0.2, 0.25) is 53.2 Å². The molecule has 0 aliphatic carbocycles. The number of carbonyl (C=O) groups is 11. The van der Waals surface area contributed by atoms with Gasteiger partial charge in [-0.05, 0) is 101 Å². The standard InChI is InChI=1S/C63H110N10O11/c1-25-27-28-42(15)33-49-57(78)66-46(26-2)60(81)67(18)35-53(75)68(19)47(29-36(3)4)52(74)34-45(40(11)12)59(80)69(20)48(30-37(5)6)56(77)64-43(16)55(76)65-44(17)58(79)71(22)50(31-38(7)8)61(82)72(23)51(32-39(9)10)62(83)73(24)54(41(13)14)63(84)70(49)21/h25,27,33,36-48,50-51,54H,26,28-32,34-35H2,1-24H3,(H,64,77)(H,65,76)(H,66,78)/b27-25+,49-33+/t42-,43+,44-,45+,46+,47+,48+,50+,51+,54+/m1/s1. The summed E-state index contributed by atoms with van der Waals surface area (Å²) in [6.07, 6.45) is 6.53. The minimum Gasteiger partial charge on any atom is -0.343 e. The highest BCUT2D eigenvalue weighted by Crippen LogP contribution is 2.27. The van der Waals surface area contributed by atoms with Gasteiger partial charge in [0, 0.05) is 61.7 Å². The summed E-state index contributed by atoms with van der Waals surface area (Å²) >= 11 is 0. The topological polar surface area (TPSA) is 247 Å². The first-order valence-electron chi connectivity index (χ1n) is 30.4. The molecule has 21 nitrogen and oxygen atoms in total. The maximum absolute atomic E-state index is 15.1. The second kappa shape index (κ2) is 34.7. The normalized spacial score (nSPS) is 26.4. The molecule has 0 aromatic carbocycles. The third kappa shape index (κ3) is 21.7. The van der Waals surface area contributed by atoms with Gasteiger partial charge in [0.1, 0.15) is 48.0 Å². The van der Waals surface area contributed by atoms with Crippen LogP contribution in [0.4, 0.5) is 0 Å². The monoisotopic (exact) mass is 1180 g/mol. The van der Waals surface area contributed by atoms with Gasteiger partial charge in [-0.1, -0.05) is 115 Å². The fraction of sp³-hybridized carbons (Fsp3) is 0.762. The molecule has 0 aromatic rings. The number of Topliss-reactive ketones (excluding diaryl/α,β-unsaturated/α-hetero) is 1. The molecule has 1 rings (SSSR count). The van der Waals surface area contributed by atoms with E-state index in [1.54, 1.807) is 40.7 Å². The zero-order chi connectivity index (χ0) is 65.1. The summed E-state index contributed by atoms with van der Waals surface area (Å²) in [5.41, 5.74) is -0.0809. The van der Waals surface area contributed by atoms with E-state index in [9.17, 15) is 43.2 Å². The first-order valence-corrected chi connectivity index (χ1v) is 30.4. The van der Waals surface area contributed by atoms with Crippen LogP contribution >= 0.6 is 0 Å². The Kier molecular flexibility index (Phi) is 31.4. The van der Waals surface area contributed by atoms with Crippen LogP contribution in [0.1, 0.15) is 163 Å². The number of likely N-dealkylation sites (N-methyl/N-ethyl adjacent to an activating group) is 7. The van der Waals surface area contributed by atoms with Gasteiger partial charge in [-0.3, -0.25) is 52.7 Å². The van der Waals surface area contributed by atoms with Crippen molar-refractivity contribution in [3.8, 4) is 0 Å². The van der Waals surface area contributed by atoms with Gasteiger partial charge in [0.25, 0.3) is 5.91 Å². The fourth-order valence-corrected chi connectivity index (χ4v) is 10.6. The molecular formula is C63H110N10O11. The zero-order valence-electron chi connectivity index (χ0n) is 55.7. The molecule has 478 valence electrons. The first-order chi connectivity index (χ1) is 38.8. The van der Waals surface area contributed by atoms with E-state index in [1.807, 2.05) is 81.4 Å². The Balaban J connectivity index is 4.30. The predicted octanol–water partition coefficient (Wildman–Crippen LogP) is 5.51. The van der Waals surface area contributed by atoms with E-state index in [-0.39, 0.29) is 73.8 Å². The molecule has 1 saturated heterocycles. The van der Waals surface area contributed by atoms with Gasteiger partial charge in [-0.25, -0.2) is 0 Å². The number of nitrogens with one attached hydrogen (secondary N) is 3. The molecule has 10 atom stereocenters. The predicted molar refractivity (Wildman–Crippen MR) is 328 cm³/mol. The quantitative estimate of drug-likeness (QED) is 0.145. The molecule has 0 aromatic heterocycles. The summed E-state index contributed by atoms with van der Waals surface area (Å²) in [5, 5.41) is 8.24. The van der Waals surface area contributed by atoms with Crippen molar-refractivity contribution in [2.75, 3.05) is 55.9 Å². The lowest BCUT2D eigenvalue weighted by Gasteiger charge is -2.40. The van der Waals surface area contributed by atoms with E-state index in [0.717, 1.165) is 0 Å². The number of ketones is 1. The van der Waals surface area contributed by atoms with Crippen molar-refractivity contribution in [3.05, 3.63) is 23.9 Å². The molecule has 0 radical (unpaired) electrons. The van der Waals surface area contributed by atoms with E-state index in [2.05, 4.69) is 16.0 Å². The van der Waals surface area contributed by atoms with Crippen LogP contribution in [0.25, 0.3) is 0 Å². The van der Waals surface area contributed by atoms with Gasteiger partial charge >= 0.3 is 0 Å². The Labute approximate surface area is 504 Å². The molecule has 0 unspecified atom stereocenters. The molecule has 1 fully saturated rings. The van der Waals surface area contributed by atoms with E-state index in [1.165, 1.54) is 97.5 Å². The van der Waals surface area contributed by atoms with Gasteiger partial charge in [0.05, 0.1) is 12.6 Å². The van der Waals surface area contributed by atoms with Crippen LogP contribution in [0.5, 0.6) is 0 Å². The first kappa shape index (κ1) is 75.9. The van der Waals surface area contributed by atoms with Crippen LogP contribution in [-0.2, 0) is 52.7 Å². The highest BCUT2D eigenvalue weighted by atomic mass is 16.2. The lowest BCUT2D eigenvalue weighted by molar-refractivity contribution is -0.154. The van der Waals surface area contributed by atoms with Crippen molar-refractivity contribution in [1.82, 2.24) is 50.2 Å². The Morgan fingerprint density at radius 3 is 1.42 bits per heavy atom. The summed E-state index contributed by atoms with van der Waals surface area (Å²) in [7, 11) is 10.2. The molecule has 1 aliphatic heterocycles. The molecule has 0 bridgehead atoms. The van der Waals surface area contributed by atoms with Crippen LogP contribution in [0, 0.1) is 47.3 Å². The van der Waals surface area contributed by atoms with Gasteiger partial charge in [-0.15, -0.1) is 0 Å². The molecule has 84 heavy (non-hydrogen) atoms. The van der Waals surface area contributed by atoms with Crippen LogP contribution < -0.4 is 16.0 Å². The van der Waals surface area contributed by atoms with Gasteiger partial charge in [0.15, 0.2) is 5.78 Å². The maximum atomic E-state index is 15.1. The van der Waals surface area contributed by atoms with Crippen molar-refractivity contribution >= 4 is 64.9 Å². The summed E-state index contributed by atoms with van der Waals surface area (Å²) in [6.45, 7) is 30.1. The number of nitrogens with zero attached hydrogens (tertiary/aromatic N) is 7. The smallest absolute Gasteiger partial charge is 0.268 e. The molecule has 21 heteroatoms. The average molecular weight is 1180 g/mol. The van der Waals surface area contributed by atoms with Gasteiger partial charge < -0.3 is 50.2 Å². The number of rotatable bonds is 14. The van der Waals surface area contributed by atoms with Crippen LogP contribution in [0.3, 0.4) is 0 Å². The van der Waals surface area contributed by atoms with Crippen molar-refractivity contribution in [2.45, 2.75) is 211 Å². The largest absolute Gasteiger partial charge is 0.343 e.